The average molecular weight is 181 g/mol. The first kappa shape index (κ1) is 8.27. The van der Waals surface area contributed by atoms with Crippen molar-refractivity contribution in [1.82, 2.24) is 5.32 Å². The topological polar surface area (TPSA) is 12.0 Å². The second kappa shape index (κ2) is 3.19. The van der Waals surface area contributed by atoms with E-state index in [1.165, 1.54) is 17.7 Å². The van der Waals surface area contributed by atoms with Gasteiger partial charge >= 0.3 is 0 Å². The standard InChI is InChI=1S/C10H15NS/c1-7-5-9-6-8(2)12-10(9)3-4-11-7/h6-7,11H,3-5H2,1-2H3. The van der Waals surface area contributed by atoms with Gasteiger partial charge in [-0.05, 0) is 38.3 Å². The zero-order valence-corrected chi connectivity index (χ0v) is 8.50. The van der Waals surface area contributed by atoms with Crippen LogP contribution in [0.1, 0.15) is 22.2 Å². The minimum absolute atomic E-state index is 0.653. The Labute approximate surface area is 77.8 Å². The Balaban J connectivity index is 2.30. The SMILES string of the molecule is Cc1cc2c(s1)CCNC(C)C2. The Bertz CT molecular complexity index is 277. The van der Waals surface area contributed by atoms with E-state index in [1.54, 1.807) is 10.4 Å². The fourth-order valence-corrected chi connectivity index (χ4v) is 2.90. The Morgan fingerprint density at radius 1 is 1.58 bits per heavy atom. The van der Waals surface area contributed by atoms with Crippen molar-refractivity contribution in [2.75, 3.05) is 6.54 Å². The molecule has 1 N–H and O–H groups in total. The van der Waals surface area contributed by atoms with Crippen LogP contribution in [0.2, 0.25) is 0 Å². The lowest BCUT2D eigenvalue weighted by molar-refractivity contribution is 0.568. The van der Waals surface area contributed by atoms with Crippen molar-refractivity contribution in [1.29, 1.82) is 0 Å². The highest BCUT2D eigenvalue weighted by molar-refractivity contribution is 7.12. The zero-order chi connectivity index (χ0) is 8.55. The van der Waals surface area contributed by atoms with Crippen molar-refractivity contribution in [2.24, 2.45) is 0 Å². The Hall–Kier alpha value is -0.340. The first-order valence-electron chi connectivity index (χ1n) is 4.57. The molecular weight excluding hydrogens is 166 g/mol. The molecule has 2 heterocycles. The van der Waals surface area contributed by atoms with Gasteiger partial charge in [-0.2, -0.15) is 0 Å². The van der Waals surface area contributed by atoms with E-state index in [4.69, 9.17) is 0 Å². The number of aryl methyl sites for hydroxylation is 1. The monoisotopic (exact) mass is 181 g/mol. The number of fused-ring (bicyclic) bond motifs is 1. The third-order valence-corrected chi connectivity index (χ3v) is 3.54. The lowest BCUT2D eigenvalue weighted by Gasteiger charge is -2.07. The quantitative estimate of drug-likeness (QED) is 0.646. The van der Waals surface area contributed by atoms with Crippen LogP contribution in [0.3, 0.4) is 0 Å². The van der Waals surface area contributed by atoms with Crippen LogP contribution >= 0.6 is 11.3 Å². The lowest BCUT2D eigenvalue weighted by atomic mass is 10.1. The van der Waals surface area contributed by atoms with E-state index in [-0.39, 0.29) is 0 Å². The van der Waals surface area contributed by atoms with Crippen LogP contribution in [0.15, 0.2) is 6.07 Å². The number of rotatable bonds is 0. The molecular formula is C10H15NS. The summed E-state index contributed by atoms with van der Waals surface area (Å²) in [5.41, 5.74) is 1.58. The number of thiophene rings is 1. The second-order valence-corrected chi connectivity index (χ2v) is 4.96. The van der Waals surface area contributed by atoms with Crippen molar-refractivity contribution in [2.45, 2.75) is 32.7 Å². The maximum absolute atomic E-state index is 3.50. The van der Waals surface area contributed by atoms with Gasteiger partial charge in [-0.1, -0.05) is 0 Å². The fraction of sp³-hybridized carbons (Fsp3) is 0.600. The highest BCUT2D eigenvalue weighted by Gasteiger charge is 2.14. The van der Waals surface area contributed by atoms with Gasteiger partial charge in [-0.3, -0.25) is 0 Å². The Morgan fingerprint density at radius 3 is 3.25 bits per heavy atom. The first-order chi connectivity index (χ1) is 5.75. The van der Waals surface area contributed by atoms with E-state index in [0.29, 0.717) is 6.04 Å². The predicted molar refractivity (Wildman–Crippen MR) is 53.9 cm³/mol. The van der Waals surface area contributed by atoms with Gasteiger partial charge in [-0.25, -0.2) is 0 Å². The number of hydrogen-bond acceptors (Lipinski definition) is 2. The molecule has 1 nitrogen and oxygen atoms in total. The van der Waals surface area contributed by atoms with Crippen molar-refractivity contribution >= 4 is 11.3 Å². The molecule has 0 bridgehead atoms. The summed E-state index contributed by atoms with van der Waals surface area (Å²) in [5, 5.41) is 3.50. The zero-order valence-electron chi connectivity index (χ0n) is 7.68. The largest absolute Gasteiger partial charge is 0.314 e. The fourth-order valence-electron chi connectivity index (χ4n) is 1.83. The lowest BCUT2D eigenvalue weighted by Crippen LogP contribution is -2.27. The van der Waals surface area contributed by atoms with Gasteiger partial charge in [-0.15, -0.1) is 11.3 Å². The van der Waals surface area contributed by atoms with Crippen molar-refractivity contribution < 1.29 is 0 Å². The maximum atomic E-state index is 3.50. The van der Waals surface area contributed by atoms with Gasteiger partial charge < -0.3 is 5.32 Å². The average Bonchev–Trinajstić information content (AvgIpc) is 2.23. The molecule has 1 aliphatic rings. The smallest absolute Gasteiger partial charge is 0.00932 e. The van der Waals surface area contributed by atoms with Gasteiger partial charge in [0.25, 0.3) is 0 Å². The summed E-state index contributed by atoms with van der Waals surface area (Å²) >= 11 is 1.97. The van der Waals surface area contributed by atoms with Crippen LogP contribution in [0.4, 0.5) is 0 Å². The minimum Gasteiger partial charge on any atom is -0.314 e. The van der Waals surface area contributed by atoms with Crippen molar-refractivity contribution in [3.05, 3.63) is 21.4 Å². The summed E-state index contributed by atoms with van der Waals surface area (Å²) in [5.74, 6) is 0. The molecule has 0 fully saturated rings. The summed E-state index contributed by atoms with van der Waals surface area (Å²) in [6.45, 7) is 5.62. The molecule has 12 heavy (non-hydrogen) atoms. The third kappa shape index (κ3) is 1.54. The van der Waals surface area contributed by atoms with Gasteiger partial charge in [0.05, 0.1) is 0 Å². The second-order valence-electron chi connectivity index (χ2n) is 3.61. The van der Waals surface area contributed by atoms with Crippen LogP contribution < -0.4 is 5.32 Å². The molecule has 0 saturated carbocycles. The summed E-state index contributed by atoms with van der Waals surface area (Å²) in [4.78, 5) is 3.07. The van der Waals surface area contributed by atoms with Crippen LogP contribution in [0.5, 0.6) is 0 Å². The molecule has 0 saturated heterocycles. The van der Waals surface area contributed by atoms with Gasteiger partial charge in [0.15, 0.2) is 0 Å². The maximum Gasteiger partial charge on any atom is 0.00932 e. The van der Waals surface area contributed by atoms with E-state index in [9.17, 15) is 0 Å². The van der Waals surface area contributed by atoms with Crippen molar-refractivity contribution in [3.63, 3.8) is 0 Å². The summed E-state index contributed by atoms with van der Waals surface area (Å²) < 4.78 is 0. The molecule has 0 amide bonds. The van der Waals surface area contributed by atoms with Gasteiger partial charge in [0, 0.05) is 22.3 Å². The normalized spacial score (nSPS) is 23.3. The summed E-state index contributed by atoms with van der Waals surface area (Å²) in [6.07, 6.45) is 2.43. The minimum atomic E-state index is 0.653. The molecule has 0 radical (unpaired) electrons. The Morgan fingerprint density at radius 2 is 2.42 bits per heavy atom. The van der Waals surface area contributed by atoms with E-state index in [0.717, 1.165) is 6.54 Å². The molecule has 66 valence electrons. The van der Waals surface area contributed by atoms with Crippen LogP contribution in [0.25, 0.3) is 0 Å². The molecule has 2 rings (SSSR count). The van der Waals surface area contributed by atoms with Crippen LogP contribution in [0, 0.1) is 6.92 Å². The van der Waals surface area contributed by atoms with Gasteiger partial charge in [0.1, 0.15) is 0 Å². The molecule has 1 aromatic rings. The highest BCUT2D eigenvalue weighted by Crippen LogP contribution is 2.24. The molecule has 1 unspecified atom stereocenters. The molecule has 0 aliphatic carbocycles. The van der Waals surface area contributed by atoms with Crippen LogP contribution in [-0.2, 0) is 12.8 Å². The molecule has 0 spiro atoms. The molecule has 1 atom stereocenters. The molecule has 0 aromatic carbocycles. The van der Waals surface area contributed by atoms with E-state index >= 15 is 0 Å². The first-order valence-corrected chi connectivity index (χ1v) is 5.39. The third-order valence-electron chi connectivity index (χ3n) is 2.39. The summed E-state index contributed by atoms with van der Waals surface area (Å²) in [7, 11) is 0. The molecule has 1 aliphatic heterocycles. The van der Waals surface area contributed by atoms with Crippen molar-refractivity contribution in [3.8, 4) is 0 Å². The Kier molecular flexibility index (Phi) is 2.20. The predicted octanol–water partition coefficient (Wildman–Crippen LogP) is 2.13. The van der Waals surface area contributed by atoms with Crippen LogP contribution in [-0.4, -0.2) is 12.6 Å². The molecule has 2 heteroatoms. The van der Waals surface area contributed by atoms with E-state index in [1.807, 2.05) is 11.3 Å². The molecule has 1 aromatic heterocycles. The number of hydrogen-bond donors (Lipinski definition) is 1. The van der Waals surface area contributed by atoms with E-state index in [2.05, 4.69) is 25.2 Å². The number of nitrogens with one attached hydrogen (secondary N) is 1. The van der Waals surface area contributed by atoms with Gasteiger partial charge in [0.2, 0.25) is 0 Å². The van der Waals surface area contributed by atoms with E-state index < -0.39 is 0 Å². The summed E-state index contributed by atoms with van der Waals surface area (Å²) in [6, 6.07) is 3.00. The highest BCUT2D eigenvalue weighted by atomic mass is 32.1.